The van der Waals surface area contributed by atoms with Gasteiger partial charge in [-0.2, -0.15) is 4.98 Å². The molecule has 1 atom stereocenters. The molecule has 0 bridgehead atoms. The van der Waals surface area contributed by atoms with E-state index in [4.69, 9.17) is 14.0 Å². The number of piperazine rings is 1. The van der Waals surface area contributed by atoms with Crippen LogP contribution in [0.5, 0.6) is 11.5 Å². The van der Waals surface area contributed by atoms with Crippen LogP contribution < -0.4 is 14.8 Å². The molecule has 2 aliphatic rings. The van der Waals surface area contributed by atoms with Crippen LogP contribution in [-0.2, 0) is 16.3 Å². The van der Waals surface area contributed by atoms with Crippen molar-refractivity contribution in [3.05, 3.63) is 29.9 Å². The summed E-state index contributed by atoms with van der Waals surface area (Å²) in [6.45, 7) is 3.43. The third-order valence-corrected chi connectivity index (χ3v) is 6.46. The number of hydrogen-bond donors (Lipinski definition) is 1. The molecule has 0 radical (unpaired) electrons. The number of sulfone groups is 1. The largest absolute Gasteiger partial charge is 0.486 e. The first kappa shape index (κ1) is 20.8. The molecule has 2 aromatic rings. The number of aryl methyl sites for hydroxylation is 1. The Hall–Kier alpha value is -1.88. The van der Waals surface area contributed by atoms with Gasteiger partial charge in [0.05, 0.1) is 16.7 Å². The van der Waals surface area contributed by atoms with E-state index in [9.17, 15) is 8.42 Å². The SMILES string of the molecule is CN1CCNCC1c1noc(CCS(=O)(=O)c2ccc3c(c2)OCCO3)n1.Cl. The fourth-order valence-electron chi connectivity index (χ4n) is 3.16. The van der Waals surface area contributed by atoms with E-state index in [-0.39, 0.29) is 35.5 Å². The zero-order chi connectivity index (χ0) is 18.9. The molecule has 1 N–H and O–H groups in total. The number of likely N-dealkylation sites (N-methyl/N-ethyl adjacent to an activating group) is 1. The van der Waals surface area contributed by atoms with E-state index in [1.54, 1.807) is 6.07 Å². The number of benzene rings is 1. The highest BCUT2D eigenvalue weighted by atomic mass is 35.5. The Balaban J connectivity index is 0.00000225. The first-order valence-electron chi connectivity index (χ1n) is 8.89. The lowest BCUT2D eigenvalue weighted by Crippen LogP contribution is -2.44. The minimum atomic E-state index is -3.50. The van der Waals surface area contributed by atoms with Crippen molar-refractivity contribution < 1.29 is 22.4 Å². The smallest absolute Gasteiger partial charge is 0.227 e. The Kier molecular flexibility index (Phi) is 6.43. The number of aromatic nitrogens is 2. The Morgan fingerprint density at radius 2 is 2.04 bits per heavy atom. The van der Waals surface area contributed by atoms with Crippen LogP contribution in [0, 0.1) is 0 Å². The molecule has 1 saturated heterocycles. The molecule has 3 heterocycles. The lowest BCUT2D eigenvalue weighted by atomic mass is 10.2. The average molecular weight is 431 g/mol. The Bertz CT molecular complexity index is 920. The quantitative estimate of drug-likeness (QED) is 0.738. The van der Waals surface area contributed by atoms with Gasteiger partial charge in [-0.15, -0.1) is 12.4 Å². The third-order valence-electron chi connectivity index (χ3n) is 4.75. The van der Waals surface area contributed by atoms with Gasteiger partial charge in [-0.25, -0.2) is 8.42 Å². The summed E-state index contributed by atoms with van der Waals surface area (Å²) in [5, 5.41) is 7.32. The normalized spacial score (nSPS) is 19.8. The molecule has 0 spiro atoms. The van der Waals surface area contributed by atoms with Gasteiger partial charge in [0.2, 0.25) is 5.89 Å². The van der Waals surface area contributed by atoms with Gasteiger partial charge in [0.1, 0.15) is 13.2 Å². The second-order valence-electron chi connectivity index (χ2n) is 6.62. The maximum absolute atomic E-state index is 12.6. The van der Waals surface area contributed by atoms with Crippen molar-refractivity contribution in [3.63, 3.8) is 0 Å². The van der Waals surface area contributed by atoms with Crippen molar-refractivity contribution in [2.75, 3.05) is 45.6 Å². The molecular formula is C17H23ClN4O5S. The summed E-state index contributed by atoms with van der Waals surface area (Å²) in [7, 11) is -1.50. The maximum Gasteiger partial charge on any atom is 0.227 e. The molecular weight excluding hydrogens is 408 g/mol. The lowest BCUT2D eigenvalue weighted by Gasteiger charge is -2.30. The molecule has 154 valence electrons. The predicted octanol–water partition coefficient (Wildman–Crippen LogP) is 0.855. The van der Waals surface area contributed by atoms with Crippen molar-refractivity contribution in [1.82, 2.24) is 20.4 Å². The summed E-state index contributed by atoms with van der Waals surface area (Å²) in [6, 6.07) is 4.69. The Morgan fingerprint density at radius 1 is 1.25 bits per heavy atom. The van der Waals surface area contributed by atoms with Crippen molar-refractivity contribution >= 4 is 22.2 Å². The molecule has 0 saturated carbocycles. The molecule has 1 aromatic heterocycles. The summed E-state index contributed by atoms with van der Waals surface area (Å²) >= 11 is 0. The fourth-order valence-corrected chi connectivity index (χ4v) is 4.40. The van der Waals surface area contributed by atoms with E-state index in [1.165, 1.54) is 12.1 Å². The highest BCUT2D eigenvalue weighted by Gasteiger charge is 2.26. The minimum absolute atomic E-state index is 0. The second kappa shape index (κ2) is 8.64. The molecule has 1 fully saturated rings. The van der Waals surface area contributed by atoms with Gasteiger partial charge < -0.3 is 19.3 Å². The van der Waals surface area contributed by atoms with Crippen molar-refractivity contribution in [2.45, 2.75) is 17.4 Å². The molecule has 0 amide bonds. The number of hydrogen-bond acceptors (Lipinski definition) is 9. The lowest BCUT2D eigenvalue weighted by molar-refractivity contribution is 0.171. The van der Waals surface area contributed by atoms with Gasteiger partial charge in [-0.1, -0.05) is 5.16 Å². The topological polar surface area (TPSA) is 107 Å². The second-order valence-corrected chi connectivity index (χ2v) is 8.73. The van der Waals surface area contributed by atoms with Crippen molar-refractivity contribution in [2.24, 2.45) is 0 Å². The number of rotatable bonds is 5. The molecule has 4 rings (SSSR count). The van der Waals surface area contributed by atoms with Gasteiger partial charge in [-0.05, 0) is 19.2 Å². The van der Waals surface area contributed by atoms with Gasteiger partial charge in [0.25, 0.3) is 0 Å². The van der Waals surface area contributed by atoms with E-state index in [1.807, 2.05) is 7.05 Å². The van der Waals surface area contributed by atoms with E-state index < -0.39 is 9.84 Å². The molecule has 1 aromatic carbocycles. The number of nitrogens with zero attached hydrogens (tertiary/aromatic N) is 3. The van der Waals surface area contributed by atoms with E-state index in [0.717, 1.165) is 19.6 Å². The van der Waals surface area contributed by atoms with E-state index >= 15 is 0 Å². The van der Waals surface area contributed by atoms with Crippen molar-refractivity contribution in [3.8, 4) is 11.5 Å². The minimum Gasteiger partial charge on any atom is -0.486 e. The monoisotopic (exact) mass is 430 g/mol. The Morgan fingerprint density at radius 3 is 2.82 bits per heavy atom. The summed E-state index contributed by atoms with van der Waals surface area (Å²) in [6.07, 6.45) is 0.160. The summed E-state index contributed by atoms with van der Waals surface area (Å²) in [5.74, 6) is 1.80. The van der Waals surface area contributed by atoms with Gasteiger partial charge >= 0.3 is 0 Å². The standard InChI is InChI=1S/C17H22N4O5S.ClH/c1-21-6-5-18-11-13(21)17-19-16(26-20-17)4-9-27(22,23)12-2-3-14-15(10-12)25-8-7-24-14;/h2-3,10,13,18H,4-9,11H2,1H3;1H. The zero-order valence-electron chi connectivity index (χ0n) is 15.5. The van der Waals surface area contributed by atoms with E-state index in [2.05, 4.69) is 20.4 Å². The van der Waals surface area contributed by atoms with E-state index in [0.29, 0.717) is 36.4 Å². The molecule has 11 heteroatoms. The molecule has 1 unspecified atom stereocenters. The summed E-state index contributed by atoms with van der Waals surface area (Å²) < 4.78 is 41.4. The maximum atomic E-state index is 12.6. The summed E-state index contributed by atoms with van der Waals surface area (Å²) in [5.41, 5.74) is 0. The molecule has 2 aliphatic heterocycles. The first-order chi connectivity index (χ1) is 13.0. The highest BCUT2D eigenvalue weighted by Crippen LogP contribution is 2.32. The van der Waals surface area contributed by atoms with Crippen LogP contribution in [0.4, 0.5) is 0 Å². The number of fused-ring (bicyclic) bond motifs is 1. The van der Waals surface area contributed by atoms with Gasteiger partial charge in [0.15, 0.2) is 27.2 Å². The van der Waals surface area contributed by atoms with Crippen LogP contribution in [0.3, 0.4) is 0 Å². The highest BCUT2D eigenvalue weighted by molar-refractivity contribution is 7.91. The van der Waals surface area contributed by atoms with Crippen LogP contribution >= 0.6 is 12.4 Å². The average Bonchev–Trinajstić information content (AvgIpc) is 3.15. The van der Waals surface area contributed by atoms with Crippen LogP contribution in [0.15, 0.2) is 27.6 Å². The van der Waals surface area contributed by atoms with Crippen LogP contribution in [0.2, 0.25) is 0 Å². The number of nitrogens with one attached hydrogen (secondary N) is 1. The zero-order valence-corrected chi connectivity index (χ0v) is 17.1. The van der Waals surface area contributed by atoms with Crippen LogP contribution in [0.25, 0.3) is 0 Å². The third kappa shape index (κ3) is 4.40. The number of ether oxygens (including phenoxy) is 2. The summed E-state index contributed by atoms with van der Waals surface area (Å²) in [4.78, 5) is 6.73. The molecule has 28 heavy (non-hydrogen) atoms. The Labute approximate surface area is 169 Å². The molecule has 0 aliphatic carbocycles. The number of halogens is 1. The van der Waals surface area contributed by atoms with Crippen molar-refractivity contribution in [1.29, 1.82) is 0 Å². The van der Waals surface area contributed by atoms with Gasteiger partial charge in [-0.3, -0.25) is 4.90 Å². The van der Waals surface area contributed by atoms with Gasteiger partial charge in [0, 0.05) is 32.1 Å². The molecule has 9 nitrogen and oxygen atoms in total. The van der Waals surface area contributed by atoms with Crippen LogP contribution in [-0.4, -0.2) is 69.1 Å². The fraction of sp³-hybridized carbons (Fsp3) is 0.529. The first-order valence-corrected chi connectivity index (χ1v) is 10.5. The van der Waals surface area contributed by atoms with Crippen LogP contribution in [0.1, 0.15) is 17.8 Å². The predicted molar refractivity (Wildman–Crippen MR) is 103 cm³/mol.